The van der Waals surface area contributed by atoms with E-state index < -0.39 is 0 Å². The van der Waals surface area contributed by atoms with Gasteiger partial charge < -0.3 is 0 Å². The summed E-state index contributed by atoms with van der Waals surface area (Å²) in [6.07, 6.45) is 3.95. The van der Waals surface area contributed by atoms with E-state index in [4.69, 9.17) is 0 Å². The Kier molecular flexibility index (Phi) is 3.87. The Labute approximate surface area is 139 Å². The second-order valence-corrected chi connectivity index (χ2v) is 7.08. The van der Waals surface area contributed by atoms with Crippen molar-refractivity contribution in [2.75, 3.05) is 6.54 Å². The highest BCUT2D eigenvalue weighted by Crippen LogP contribution is 2.36. The Morgan fingerprint density at radius 1 is 1.35 bits per heavy atom. The van der Waals surface area contributed by atoms with Gasteiger partial charge >= 0.3 is 0 Å². The number of benzene rings is 1. The van der Waals surface area contributed by atoms with Crippen LogP contribution in [0.2, 0.25) is 0 Å². The van der Waals surface area contributed by atoms with Crippen molar-refractivity contribution >= 4 is 22.2 Å². The molecular formula is C19H19FN2S. The fraction of sp³-hybridized carbons (Fsp3) is 0.316. The molecule has 23 heavy (non-hydrogen) atoms. The molecule has 4 heteroatoms. The lowest BCUT2D eigenvalue weighted by molar-refractivity contribution is 0.173. The number of rotatable bonds is 3. The summed E-state index contributed by atoms with van der Waals surface area (Å²) in [6.45, 7) is 4.00. The van der Waals surface area contributed by atoms with E-state index in [0.717, 1.165) is 42.4 Å². The van der Waals surface area contributed by atoms with Gasteiger partial charge in [-0.15, -0.1) is 11.3 Å². The van der Waals surface area contributed by atoms with Crippen LogP contribution < -0.4 is 0 Å². The third-order valence-corrected chi connectivity index (χ3v) is 5.71. The Morgan fingerprint density at radius 3 is 3.13 bits per heavy atom. The zero-order valence-electron chi connectivity index (χ0n) is 13.1. The van der Waals surface area contributed by atoms with Gasteiger partial charge in [0.2, 0.25) is 0 Å². The largest absolute Gasteiger partial charge is 0.292 e. The Bertz CT molecular complexity index is 842. The number of hydrogen-bond donors (Lipinski definition) is 0. The highest BCUT2D eigenvalue weighted by atomic mass is 32.1. The van der Waals surface area contributed by atoms with Crippen LogP contribution in [0, 0.1) is 5.82 Å². The first-order valence-corrected chi connectivity index (χ1v) is 8.97. The predicted molar refractivity (Wildman–Crippen MR) is 93.2 cm³/mol. The van der Waals surface area contributed by atoms with Crippen LogP contribution >= 0.6 is 11.3 Å². The highest BCUT2D eigenvalue weighted by Gasteiger charge is 2.27. The summed E-state index contributed by atoms with van der Waals surface area (Å²) in [5.74, 6) is -0.179. The average Bonchev–Trinajstić information content (AvgIpc) is 3.03. The molecule has 0 amide bonds. The monoisotopic (exact) mass is 326 g/mol. The maximum Gasteiger partial charge on any atom is 0.124 e. The summed E-state index contributed by atoms with van der Waals surface area (Å²) in [5, 5.41) is 3.07. The minimum atomic E-state index is -0.179. The zero-order valence-corrected chi connectivity index (χ0v) is 13.9. The second kappa shape index (κ2) is 6.02. The summed E-state index contributed by atoms with van der Waals surface area (Å²) < 4.78 is 14.0. The normalized spacial score (nSPS) is 18.3. The van der Waals surface area contributed by atoms with E-state index in [9.17, 15) is 4.39 Å². The molecule has 1 atom stereocenters. The lowest BCUT2D eigenvalue weighted by Gasteiger charge is -2.35. The van der Waals surface area contributed by atoms with Crippen LogP contribution in [-0.4, -0.2) is 16.4 Å². The maximum absolute atomic E-state index is 14.0. The first-order chi connectivity index (χ1) is 11.3. The summed E-state index contributed by atoms with van der Waals surface area (Å²) in [6, 6.07) is 9.68. The van der Waals surface area contributed by atoms with Crippen molar-refractivity contribution in [3.8, 4) is 0 Å². The molecule has 3 aromatic rings. The topological polar surface area (TPSA) is 16.1 Å². The van der Waals surface area contributed by atoms with Gasteiger partial charge in [-0.3, -0.25) is 9.88 Å². The van der Waals surface area contributed by atoms with E-state index in [0.29, 0.717) is 6.04 Å². The van der Waals surface area contributed by atoms with Gasteiger partial charge in [-0.1, -0.05) is 13.0 Å². The predicted octanol–water partition coefficient (Wildman–Crippen LogP) is 4.94. The molecule has 0 N–H and O–H groups in total. The van der Waals surface area contributed by atoms with Crippen molar-refractivity contribution < 1.29 is 4.39 Å². The lowest BCUT2D eigenvalue weighted by atomic mass is 9.96. The molecule has 0 spiro atoms. The fourth-order valence-electron chi connectivity index (χ4n) is 3.68. The molecule has 0 aliphatic carbocycles. The van der Waals surface area contributed by atoms with E-state index in [1.165, 1.54) is 10.4 Å². The molecule has 1 aliphatic heterocycles. The highest BCUT2D eigenvalue weighted by molar-refractivity contribution is 7.10. The molecule has 0 bridgehead atoms. The van der Waals surface area contributed by atoms with Crippen molar-refractivity contribution in [3.05, 3.63) is 63.7 Å². The maximum atomic E-state index is 14.0. The average molecular weight is 326 g/mol. The first-order valence-electron chi connectivity index (χ1n) is 8.09. The Morgan fingerprint density at radius 2 is 2.26 bits per heavy atom. The van der Waals surface area contributed by atoms with E-state index in [1.54, 1.807) is 18.3 Å². The SMILES string of the molecule is CCC1c2ccsc2CCN1Cc1cc(F)cc2cccnc12. The second-order valence-electron chi connectivity index (χ2n) is 6.08. The number of hydrogen-bond acceptors (Lipinski definition) is 3. The van der Waals surface area contributed by atoms with E-state index in [-0.39, 0.29) is 5.82 Å². The van der Waals surface area contributed by atoms with E-state index >= 15 is 0 Å². The van der Waals surface area contributed by atoms with Gasteiger partial charge in [0.25, 0.3) is 0 Å². The molecule has 118 valence electrons. The number of pyridine rings is 1. The number of aromatic nitrogens is 1. The number of nitrogens with zero attached hydrogens (tertiary/aromatic N) is 2. The van der Waals surface area contributed by atoms with Crippen molar-refractivity contribution in [1.82, 2.24) is 9.88 Å². The Hall–Kier alpha value is -1.78. The summed E-state index contributed by atoms with van der Waals surface area (Å²) >= 11 is 1.86. The molecule has 1 aromatic carbocycles. The molecule has 0 fully saturated rings. The summed E-state index contributed by atoms with van der Waals surface area (Å²) in [4.78, 5) is 8.46. The van der Waals surface area contributed by atoms with Crippen LogP contribution in [0.3, 0.4) is 0 Å². The molecule has 1 unspecified atom stereocenters. The van der Waals surface area contributed by atoms with Crippen molar-refractivity contribution in [2.24, 2.45) is 0 Å². The summed E-state index contributed by atoms with van der Waals surface area (Å²) in [5.41, 5.74) is 3.36. The molecule has 3 heterocycles. The van der Waals surface area contributed by atoms with Gasteiger partial charge in [-0.05, 0) is 53.6 Å². The number of halogens is 1. The molecule has 4 rings (SSSR count). The van der Waals surface area contributed by atoms with E-state index in [2.05, 4.69) is 28.3 Å². The third-order valence-electron chi connectivity index (χ3n) is 4.71. The van der Waals surface area contributed by atoms with Crippen LogP contribution in [0.15, 0.2) is 41.9 Å². The fourth-order valence-corrected chi connectivity index (χ4v) is 4.61. The number of fused-ring (bicyclic) bond motifs is 2. The van der Waals surface area contributed by atoms with Crippen molar-refractivity contribution in [2.45, 2.75) is 32.4 Å². The quantitative estimate of drug-likeness (QED) is 0.677. The van der Waals surface area contributed by atoms with Crippen molar-refractivity contribution in [1.29, 1.82) is 0 Å². The van der Waals surface area contributed by atoms with Gasteiger partial charge in [-0.2, -0.15) is 0 Å². The Balaban J connectivity index is 1.71. The molecule has 0 saturated carbocycles. The van der Waals surface area contributed by atoms with E-state index in [1.807, 2.05) is 23.5 Å². The van der Waals surface area contributed by atoms with Gasteiger partial charge in [0.15, 0.2) is 0 Å². The lowest BCUT2D eigenvalue weighted by Crippen LogP contribution is -2.34. The molecule has 1 aliphatic rings. The van der Waals surface area contributed by atoms with Gasteiger partial charge in [0.05, 0.1) is 5.52 Å². The minimum absolute atomic E-state index is 0.179. The molecule has 0 radical (unpaired) electrons. The van der Waals surface area contributed by atoms with Crippen LogP contribution in [0.5, 0.6) is 0 Å². The van der Waals surface area contributed by atoms with Gasteiger partial charge in [0, 0.05) is 35.6 Å². The molecule has 2 nitrogen and oxygen atoms in total. The molecular weight excluding hydrogens is 307 g/mol. The van der Waals surface area contributed by atoms with Crippen LogP contribution in [0.4, 0.5) is 4.39 Å². The summed E-state index contributed by atoms with van der Waals surface area (Å²) in [7, 11) is 0. The smallest absolute Gasteiger partial charge is 0.124 e. The van der Waals surface area contributed by atoms with Crippen LogP contribution in [-0.2, 0) is 13.0 Å². The van der Waals surface area contributed by atoms with Gasteiger partial charge in [0.1, 0.15) is 5.82 Å². The molecule has 2 aromatic heterocycles. The minimum Gasteiger partial charge on any atom is -0.292 e. The number of thiophene rings is 1. The zero-order chi connectivity index (χ0) is 15.8. The van der Waals surface area contributed by atoms with Crippen LogP contribution in [0.25, 0.3) is 10.9 Å². The molecule has 0 saturated heterocycles. The van der Waals surface area contributed by atoms with Crippen LogP contribution in [0.1, 0.15) is 35.4 Å². The third kappa shape index (κ3) is 2.66. The van der Waals surface area contributed by atoms with Crippen molar-refractivity contribution in [3.63, 3.8) is 0 Å². The standard InChI is InChI=1S/C19H19FN2S/c1-2-17-16-6-9-23-18(16)5-8-22(17)12-14-11-15(20)10-13-4-3-7-21-19(13)14/h3-4,6-7,9-11,17H,2,5,8,12H2,1H3. The first kappa shape index (κ1) is 14.8. The van der Waals surface area contributed by atoms with Gasteiger partial charge in [-0.25, -0.2) is 4.39 Å².